The average Bonchev–Trinajstić information content (AvgIpc) is 3.21. The number of benzene rings is 3. The van der Waals surface area contributed by atoms with Crippen LogP contribution in [0.1, 0.15) is 46.7 Å². The fraction of sp³-hybridized carbons (Fsp3) is 0.222. The minimum Gasteiger partial charge on any atom is -0.388 e. The van der Waals surface area contributed by atoms with Gasteiger partial charge in [0.15, 0.2) is 0 Å². The molecule has 1 N–H and O–H groups in total. The molecule has 150 valence electrons. The van der Waals surface area contributed by atoms with E-state index in [1.54, 1.807) is 0 Å². The van der Waals surface area contributed by atoms with E-state index in [1.165, 1.54) is 22.4 Å². The lowest BCUT2D eigenvalue weighted by molar-refractivity contribution is 0.258. The summed E-state index contributed by atoms with van der Waals surface area (Å²) >= 11 is 0. The Morgan fingerprint density at radius 1 is 0.700 bits per heavy atom. The van der Waals surface area contributed by atoms with Crippen molar-refractivity contribution in [1.82, 2.24) is 9.55 Å². The molecule has 1 aromatic heterocycles. The van der Waals surface area contributed by atoms with E-state index in [0.29, 0.717) is 0 Å². The van der Waals surface area contributed by atoms with Gasteiger partial charge in [0.05, 0.1) is 5.69 Å². The summed E-state index contributed by atoms with van der Waals surface area (Å²) in [4.78, 5) is 4.92. The van der Waals surface area contributed by atoms with E-state index in [0.717, 1.165) is 37.2 Å². The summed E-state index contributed by atoms with van der Waals surface area (Å²) in [6.07, 6.45) is 4.27. The molecular weight excluding hydrogens is 368 g/mol. The fourth-order valence-electron chi connectivity index (χ4n) is 5.02. The van der Waals surface area contributed by atoms with Crippen LogP contribution in [0.3, 0.4) is 0 Å². The minimum absolute atomic E-state index is 0.0821. The summed E-state index contributed by atoms with van der Waals surface area (Å²) in [5.74, 6) is 0.735. The summed E-state index contributed by atoms with van der Waals surface area (Å²) < 4.78 is 2.33. The smallest absolute Gasteiger partial charge is 0.136 e. The molecule has 0 unspecified atom stereocenters. The number of aromatic nitrogens is 2. The topological polar surface area (TPSA) is 38.1 Å². The number of aliphatic hydroxyl groups is 1. The quantitative estimate of drug-likeness (QED) is 0.479. The first-order valence-electron chi connectivity index (χ1n) is 10.7. The standard InChI is InChI=1S/C27H26N2O/c30-20-26-28-24-18-10-11-19-25(24)29(26)27(21-12-4-1-5-13-21,22-14-6-2-7-15-22)23-16-8-3-9-17-23/h1-9,12-17,30H,10-11,18-20H2. The van der Waals surface area contributed by atoms with Crippen LogP contribution in [0.4, 0.5) is 0 Å². The maximum Gasteiger partial charge on any atom is 0.136 e. The van der Waals surface area contributed by atoms with Crippen LogP contribution in [0.15, 0.2) is 91.0 Å². The van der Waals surface area contributed by atoms with Crippen molar-refractivity contribution in [3.05, 3.63) is 125 Å². The van der Waals surface area contributed by atoms with Gasteiger partial charge in [-0.05, 0) is 42.4 Å². The molecule has 0 atom stereocenters. The van der Waals surface area contributed by atoms with Crippen LogP contribution in [0.5, 0.6) is 0 Å². The van der Waals surface area contributed by atoms with E-state index in [2.05, 4.69) is 95.6 Å². The van der Waals surface area contributed by atoms with Gasteiger partial charge in [0.25, 0.3) is 0 Å². The first kappa shape index (κ1) is 18.8. The Labute approximate surface area is 177 Å². The van der Waals surface area contributed by atoms with Gasteiger partial charge in [-0.1, -0.05) is 91.0 Å². The SMILES string of the molecule is OCc1nc2c(n1C(c1ccccc1)(c1ccccc1)c1ccccc1)CCCC2. The molecule has 0 bridgehead atoms. The predicted octanol–water partition coefficient (Wildman–Crippen LogP) is 5.09. The molecule has 1 heterocycles. The molecule has 5 rings (SSSR count). The first-order valence-corrected chi connectivity index (χ1v) is 10.7. The van der Waals surface area contributed by atoms with Gasteiger partial charge in [-0.2, -0.15) is 0 Å². The van der Waals surface area contributed by atoms with E-state index in [9.17, 15) is 5.11 Å². The Bertz CT molecular complexity index is 1020. The molecule has 0 amide bonds. The minimum atomic E-state index is -0.597. The van der Waals surface area contributed by atoms with Gasteiger partial charge in [-0.3, -0.25) is 0 Å². The van der Waals surface area contributed by atoms with Crippen molar-refractivity contribution in [3.8, 4) is 0 Å². The summed E-state index contributed by atoms with van der Waals surface area (Å²) in [7, 11) is 0. The fourth-order valence-corrected chi connectivity index (χ4v) is 5.02. The lowest BCUT2D eigenvalue weighted by Gasteiger charge is -2.40. The Balaban J connectivity index is 1.95. The number of hydrogen-bond donors (Lipinski definition) is 1. The summed E-state index contributed by atoms with van der Waals surface area (Å²) in [5, 5.41) is 10.4. The Morgan fingerprint density at radius 3 is 1.63 bits per heavy atom. The van der Waals surface area contributed by atoms with Gasteiger partial charge in [-0.25, -0.2) is 4.98 Å². The summed E-state index contributed by atoms with van der Waals surface area (Å²) in [6, 6.07) is 31.9. The number of rotatable bonds is 5. The van der Waals surface area contributed by atoms with E-state index in [4.69, 9.17) is 4.98 Å². The molecule has 1 aliphatic rings. The van der Waals surface area contributed by atoms with Crippen LogP contribution in [-0.2, 0) is 25.0 Å². The molecule has 3 nitrogen and oxygen atoms in total. The lowest BCUT2D eigenvalue weighted by atomic mass is 9.76. The van der Waals surface area contributed by atoms with Gasteiger partial charge < -0.3 is 9.67 Å². The summed E-state index contributed by atoms with van der Waals surface area (Å²) in [5.41, 5.74) is 5.30. The van der Waals surface area contributed by atoms with Crippen molar-refractivity contribution < 1.29 is 5.11 Å². The van der Waals surface area contributed by atoms with Crippen LogP contribution >= 0.6 is 0 Å². The van der Waals surface area contributed by atoms with Gasteiger partial charge in [0.1, 0.15) is 18.0 Å². The average molecular weight is 395 g/mol. The molecule has 0 aliphatic heterocycles. The molecule has 4 aromatic rings. The van der Waals surface area contributed by atoms with Crippen molar-refractivity contribution in [2.75, 3.05) is 0 Å². The highest BCUT2D eigenvalue weighted by molar-refractivity contribution is 5.52. The lowest BCUT2D eigenvalue weighted by Crippen LogP contribution is -2.40. The maximum atomic E-state index is 10.4. The normalized spacial score (nSPS) is 13.8. The highest BCUT2D eigenvalue weighted by atomic mass is 16.3. The molecule has 0 saturated carbocycles. The van der Waals surface area contributed by atoms with Gasteiger partial charge >= 0.3 is 0 Å². The van der Waals surface area contributed by atoms with Crippen LogP contribution in [0, 0.1) is 0 Å². The van der Waals surface area contributed by atoms with Gasteiger partial charge in [-0.15, -0.1) is 0 Å². The second kappa shape index (κ2) is 7.92. The van der Waals surface area contributed by atoms with Gasteiger partial charge in [0, 0.05) is 5.69 Å². The third kappa shape index (κ3) is 2.89. The molecule has 3 aromatic carbocycles. The number of fused-ring (bicyclic) bond motifs is 1. The summed E-state index contributed by atoms with van der Waals surface area (Å²) in [6.45, 7) is -0.0821. The Hall–Kier alpha value is -3.17. The zero-order chi connectivity index (χ0) is 20.4. The Kier molecular flexibility index (Phi) is 4.97. The highest BCUT2D eigenvalue weighted by Crippen LogP contribution is 2.44. The zero-order valence-electron chi connectivity index (χ0n) is 17.0. The van der Waals surface area contributed by atoms with Crippen molar-refractivity contribution in [2.24, 2.45) is 0 Å². The number of aryl methyl sites for hydroxylation is 1. The molecule has 0 fully saturated rings. The third-order valence-corrected chi connectivity index (χ3v) is 6.25. The zero-order valence-corrected chi connectivity index (χ0v) is 17.0. The molecule has 0 radical (unpaired) electrons. The highest BCUT2D eigenvalue weighted by Gasteiger charge is 2.42. The van der Waals surface area contributed by atoms with E-state index >= 15 is 0 Å². The van der Waals surface area contributed by atoms with Crippen LogP contribution < -0.4 is 0 Å². The molecule has 1 aliphatic carbocycles. The van der Waals surface area contributed by atoms with E-state index < -0.39 is 5.54 Å². The predicted molar refractivity (Wildman–Crippen MR) is 119 cm³/mol. The molecule has 3 heteroatoms. The second-order valence-corrected chi connectivity index (χ2v) is 7.93. The number of hydrogen-bond acceptors (Lipinski definition) is 2. The van der Waals surface area contributed by atoms with Crippen molar-refractivity contribution in [3.63, 3.8) is 0 Å². The molecule has 0 spiro atoms. The van der Waals surface area contributed by atoms with Gasteiger partial charge in [0.2, 0.25) is 0 Å². The Morgan fingerprint density at radius 2 is 1.17 bits per heavy atom. The number of nitrogens with zero attached hydrogens (tertiary/aromatic N) is 2. The van der Waals surface area contributed by atoms with Crippen molar-refractivity contribution >= 4 is 0 Å². The molecule has 30 heavy (non-hydrogen) atoms. The van der Waals surface area contributed by atoms with Crippen LogP contribution in [0.25, 0.3) is 0 Å². The largest absolute Gasteiger partial charge is 0.388 e. The number of aliphatic hydroxyl groups excluding tert-OH is 1. The van der Waals surface area contributed by atoms with Crippen molar-refractivity contribution in [1.29, 1.82) is 0 Å². The maximum absolute atomic E-state index is 10.4. The first-order chi connectivity index (χ1) is 14.9. The van der Waals surface area contributed by atoms with Crippen LogP contribution in [-0.4, -0.2) is 14.7 Å². The second-order valence-electron chi connectivity index (χ2n) is 7.93. The van der Waals surface area contributed by atoms with Crippen molar-refractivity contribution in [2.45, 2.75) is 37.8 Å². The van der Waals surface area contributed by atoms with E-state index in [1.807, 2.05) is 0 Å². The van der Waals surface area contributed by atoms with E-state index in [-0.39, 0.29) is 6.61 Å². The monoisotopic (exact) mass is 394 g/mol. The van der Waals surface area contributed by atoms with Crippen LogP contribution in [0.2, 0.25) is 0 Å². The third-order valence-electron chi connectivity index (χ3n) is 6.25. The molecular formula is C27H26N2O. The molecule has 0 saturated heterocycles. The number of imidazole rings is 1.